The Hall–Kier alpha value is -0.973. The third kappa shape index (κ3) is 3.78. The first-order chi connectivity index (χ1) is 9.38. The maximum Gasteiger partial charge on any atom is 0.193 e. The highest BCUT2D eigenvalue weighted by Gasteiger charge is 2.30. The van der Waals surface area contributed by atoms with Crippen molar-refractivity contribution in [2.75, 3.05) is 7.05 Å². The van der Waals surface area contributed by atoms with Gasteiger partial charge in [0.25, 0.3) is 0 Å². The lowest BCUT2D eigenvalue weighted by Crippen LogP contribution is -2.48. The van der Waals surface area contributed by atoms with Gasteiger partial charge in [0.05, 0.1) is 0 Å². The van der Waals surface area contributed by atoms with E-state index in [1.165, 1.54) is 5.57 Å². The van der Waals surface area contributed by atoms with Gasteiger partial charge in [-0.1, -0.05) is 43.9 Å². The number of rotatable bonds is 4. The van der Waals surface area contributed by atoms with Gasteiger partial charge < -0.3 is 9.30 Å². The van der Waals surface area contributed by atoms with E-state index in [9.17, 15) is 0 Å². The standard InChI is InChI=1S/C16H23NOSSi/c1-17(20(2,3)4)14-11-10-13(12-14)16(19)18-15-8-6-5-7-9-15/h5-10,14H,11-12H2,1-4H3. The van der Waals surface area contributed by atoms with Gasteiger partial charge in [-0.05, 0) is 44.2 Å². The minimum Gasteiger partial charge on any atom is -0.446 e. The Morgan fingerprint density at radius 3 is 2.50 bits per heavy atom. The fraction of sp³-hybridized carbons (Fsp3) is 0.438. The van der Waals surface area contributed by atoms with E-state index >= 15 is 0 Å². The minimum atomic E-state index is -1.25. The summed E-state index contributed by atoms with van der Waals surface area (Å²) in [6.07, 6.45) is 4.33. The summed E-state index contributed by atoms with van der Waals surface area (Å²) in [6.45, 7) is 7.14. The van der Waals surface area contributed by atoms with Crippen molar-refractivity contribution in [2.24, 2.45) is 0 Å². The molecule has 1 atom stereocenters. The molecule has 0 radical (unpaired) electrons. The zero-order valence-corrected chi connectivity index (χ0v) is 14.5. The Bertz CT molecular complexity index is 507. The summed E-state index contributed by atoms with van der Waals surface area (Å²) >= 11 is 5.43. The number of benzene rings is 1. The lowest BCUT2D eigenvalue weighted by molar-refractivity contribution is 0.383. The molecule has 0 amide bonds. The number of nitrogens with zero attached hydrogens (tertiary/aromatic N) is 1. The minimum absolute atomic E-state index is 0.578. The topological polar surface area (TPSA) is 12.5 Å². The molecule has 108 valence electrons. The fourth-order valence-corrected chi connectivity index (χ4v) is 3.92. The molecule has 1 aliphatic carbocycles. The molecule has 1 aliphatic rings. The molecular weight excluding hydrogens is 282 g/mol. The number of hydrogen-bond donors (Lipinski definition) is 0. The highest BCUT2D eigenvalue weighted by Crippen LogP contribution is 2.28. The average molecular weight is 306 g/mol. The van der Waals surface area contributed by atoms with Gasteiger partial charge in [-0.25, -0.2) is 0 Å². The second kappa shape index (κ2) is 6.20. The van der Waals surface area contributed by atoms with Crippen LogP contribution in [-0.2, 0) is 0 Å². The van der Waals surface area contributed by atoms with Crippen LogP contribution in [0.1, 0.15) is 12.8 Å². The van der Waals surface area contributed by atoms with Crippen molar-refractivity contribution in [1.29, 1.82) is 0 Å². The molecule has 2 nitrogen and oxygen atoms in total. The Morgan fingerprint density at radius 2 is 1.90 bits per heavy atom. The third-order valence-electron chi connectivity index (χ3n) is 3.91. The van der Waals surface area contributed by atoms with Crippen LogP contribution in [-0.4, -0.2) is 30.9 Å². The number of para-hydroxylation sites is 1. The second-order valence-corrected chi connectivity index (χ2v) is 11.7. The first kappa shape index (κ1) is 15.4. The van der Waals surface area contributed by atoms with E-state index in [2.05, 4.69) is 37.3 Å². The van der Waals surface area contributed by atoms with E-state index < -0.39 is 8.24 Å². The van der Waals surface area contributed by atoms with E-state index in [-0.39, 0.29) is 0 Å². The van der Waals surface area contributed by atoms with Gasteiger partial charge in [-0.15, -0.1) is 0 Å². The molecule has 0 saturated carbocycles. The predicted octanol–water partition coefficient (Wildman–Crippen LogP) is 4.25. The zero-order chi connectivity index (χ0) is 14.8. The quantitative estimate of drug-likeness (QED) is 0.609. The van der Waals surface area contributed by atoms with E-state index in [0.29, 0.717) is 11.1 Å². The summed E-state index contributed by atoms with van der Waals surface area (Å²) in [6, 6.07) is 10.4. The number of ether oxygens (including phenoxy) is 1. The molecule has 0 N–H and O–H groups in total. The molecule has 2 rings (SSSR count). The summed E-state index contributed by atoms with van der Waals surface area (Å²) in [5.74, 6) is 0.820. The maximum atomic E-state index is 5.77. The van der Waals surface area contributed by atoms with Gasteiger partial charge in [0.15, 0.2) is 5.05 Å². The zero-order valence-electron chi connectivity index (χ0n) is 12.7. The largest absolute Gasteiger partial charge is 0.446 e. The Labute approximate surface area is 128 Å². The van der Waals surface area contributed by atoms with Gasteiger partial charge in [-0.2, -0.15) is 0 Å². The van der Waals surface area contributed by atoms with Crippen molar-refractivity contribution in [2.45, 2.75) is 38.5 Å². The van der Waals surface area contributed by atoms with Gasteiger partial charge in [0, 0.05) is 11.6 Å². The van der Waals surface area contributed by atoms with Gasteiger partial charge in [-0.3, -0.25) is 0 Å². The smallest absolute Gasteiger partial charge is 0.193 e. The van der Waals surface area contributed by atoms with Crippen molar-refractivity contribution >= 4 is 25.5 Å². The maximum absolute atomic E-state index is 5.77. The van der Waals surface area contributed by atoms with E-state index in [1.54, 1.807) is 0 Å². The Balaban J connectivity index is 1.94. The molecule has 1 aromatic rings. The molecule has 0 fully saturated rings. The summed E-state index contributed by atoms with van der Waals surface area (Å²) in [5, 5.41) is 0.627. The van der Waals surface area contributed by atoms with Crippen LogP contribution in [0, 0.1) is 0 Å². The first-order valence-corrected chi connectivity index (χ1v) is 10.9. The first-order valence-electron chi connectivity index (χ1n) is 7.07. The van der Waals surface area contributed by atoms with Crippen molar-refractivity contribution in [3.05, 3.63) is 42.0 Å². The van der Waals surface area contributed by atoms with Crippen LogP contribution in [0.2, 0.25) is 19.6 Å². The van der Waals surface area contributed by atoms with Crippen LogP contribution >= 0.6 is 12.2 Å². The molecule has 0 heterocycles. The van der Waals surface area contributed by atoms with Gasteiger partial charge in [0.1, 0.15) is 14.0 Å². The van der Waals surface area contributed by atoms with E-state index in [4.69, 9.17) is 17.0 Å². The summed E-state index contributed by atoms with van der Waals surface area (Å²) in [4.78, 5) is 0. The molecule has 20 heavy (non-hydrogen) atoms. The Kier molecular flexibility index (Phi) is 4.78. The van der Waals surface area contributed by atoms with Crippen LogP contribution in [0.4, 0.5) is 0 Å². The van der Waals surface area contributed by atoms with Crippen molar-refractivity contribution in [1.82, 2.24) is 4.57 Å². The van der Waals surface area contributed by atoms with Gasteiger partial charge in [0.2, 0.25) is 0 Å². The highest BCUT2D eigenvalue weighted by atomic mass is 32.1. The van der Waals surface area contributed by atoms with Gasteiger partial charge >= 0.3 is 0 Å². The molecule has 1 aromatic carbocycles. The lowest BCUT2D eigenvalue weighted by atomic mass is 10.2. The second-order valence-electron chi connectivity index (χ2n) is 6.31. The summed E-state index contributed by atoms with van der Waals surface area (Å²) in [5.41, 5.74) is 1.18. The predicted molar refractivity (Wildman–Crippen MR) is 91.9 cm³/mol. The van der Waals surface area contributed by atoms with Crippen LogP contribution in [0.3, 0.4) is 0 Å². The van der Waals surface area contributed by atoms with Crippen LogP contribution in [0.15, 0.2) is 42.0 Å². The SMILES string of the molecule is CN(C1CC=C(C(=S)Oc2ccccc2)C1)[Si](C)(C)C. The summed E-state index contributed by atoms with van der Waals surface area (Å²) in [7, 11) is 0.997. The normalized spacial score (nSPS) is 19.1. The molecule has 1 unspecified atom stereocenters. The molecular formula is C16H23NOSSi. The monoisotopic (exact) mass is 305 g/mol. The number of thiocarbonyl (C=S) groups is 1. The molecule has 4 heteroatoms. The van der Waals surface area contributed by atoms with Crippen molar-refractivity contribution < 1.29 is 4.74 Å². The van der Waals surface area contributed by atoms with Crippen LogP contribution in [0.25, 0.3) is 0 Å². The molecule has 0 saturated heterocycles. The summed E-state index contributed by atoms with van der Waals surface area (Å²) < 4.78 is 8.33. The molecule has 0 aromatic heterocycles. The number of hydrogen-bond acceptors (Lipinski definition) is 3. The Morgan fingerprint density at radius 1 is 1.25 bits per heavy atom. The molecule has 0 aliphatic heterocycles. The van der Waals surface area contributed by atoms with Crippen molar-refractivity contribution in [3.63, 3.8) is 0 Å². The van der Waals surface area contributed by atoms with Crippen molar-refractivity contribution in [3.8, 4) is 5.75 Å². The third-order valence-corrected chi connectivity index (χ3v) is 6.74. The average Bonchev–Trinajstić information content (AvgIpc) is 2.87. The lowest BCUT2D eigenvalue weighted by Gasteiger charge is -2.35. The fourth-order valence-electron chi connectivity index (χ4n) is 2.37. The molecule has 0 spiro atoms. The van der Waals surface area contributed by atoms with Crippen LogP contribution in [0.5, 0.6) is 5.75 Å². The van der Waals surface area contributed by atoms with E-state index in [0.717, 1.165) is 18.6 Å². The highest BCUT2D eigenvalue weighted by molar-refractivity contribution is 7.80. The van der Waals surface area contributed by atoms with Crippen LogP contribution < -0.4 is 4.74 Å². The molecule has 0 bridgehead atoms. The van der Waals surface area contributed by atoms with E-state index in [1.807, 2.05) is 30.3 Å².